The molecule has 1 aliphatic carbocycles. The SMILES string of the molecule is COc1ccc2c(c1)CCCN2C(=O)CN1C(=O)[C@H]2CCCC[C@H]2C1=O. The summed E-state index contributed by atoms with van der Waals surface area (Å²) in [6.07, 6.45) is 5.27. The summed E-state index contributed by atoms with van der Waals surface area (Å²) in [6.45, 7) is 0.470. The molecular weight excluding hydrogens is 332 g/mol. The van der Waals surface area contributed by atoms with Crippen molar-refractivity contribution in [2.75, 3.05) is 25.1 Å². The summed E-state index contributed by atoms with van der Waals surface area (Å²) in [7, 11) is 1.62. The number of benzene rings is 1. The van der Waals surface area contributed by atoms with E-state index in [-0.39, 0.29) is 36.1 Å². The summed E-state index contributed by atoms with van der Waals surface area (Å²) in [5, 5.41) is 0. The first-order valence-corrected chi connectivity index (χ1v) is 9.42. The van der Waals surface area contributed by atoms with Gasteiger partial charge in [0, 0.05) is 12.2 Å². The van der Waals surface area contributed by atoms with Crippen molar-refractivity contribution in [1.29, 1.82) is 0 Å². The summed E-state index contributed by atoms with van der Waals surface area (Å²) in [5.74, 6) is -0.132. The number of methoxy groups -OCH3 is 1. The molecule has 4 rings (SSSR count). The fraction of sp³-hybridized carbons (Fsp3) is 0.550. The van der Waals surface area contributed by atoms with Crippen LogP contribution < -0.4 is 9.64 Å². The lowest BCUT2D eigenvalue weighted by molar-refractivity contribution is -0.143. The normalized spacial score (nSPS) is 25.1. The zero-order chi connectivity index (χ0) is 18.3. The van der Waals surface area contributed by atoms with E-state index in [9.17, 15) is 14.4 Å². The smallest absolute Gasteiger partial charge is 0.247 e. The molecular formula is C20H24N2O4. The molecule has 2 atom stereocenters. The molecule has 0 N–H and O–H groups in total. The lowest BCUT2D eigenvalue weighted by atomic mass is 9.81. The van der Waals surface area contributed by atoms with E-state index in [0.29, 0.717) is 6.54 Å². The highest BCUT2D eigenvalue weighted by molar-refractivity contribution is 6.09. The van der Waals surface area contributed by atoms with Gasteiger partial charge in [-0.25, -0.2) is 0 Å². The van der Waals surface area contributed by atoms with E-state index in [1.54, 1.807) is 12.0 Å². The van der Waals surface area contributed by atoms with Gasteiger partial charge in [0.2, 0.25) is 17.7 Å². The first kappa shape index (κ1) is 17.1. The van der Waals surface area contributed by atoms with Crippen molar-refractivity contribution >= 4 is 23.4 Å². The van der Waals surface area contributed by atoms with Crippen LogP contribution in [0.2, 0.25) is 0 Å². The second kappa shape index (κ2) is 6.74. The van der Waals surface area contributed by atoms with Crippen LogP contribution >= 0.6 is 0 Å². The topological polar surface area (TPSA) is 66.9 Å². The molecule has 0 unspecified atom stereocenters. The first-order valence-electron chi connectivity index (χ1n) is 9.42. The molecule has 2 fully saturated rings. The number of likely N-dealkylation sites (tertiary alicyclic amines) is 1. The predicted molar refractivity (Wildman–Crippen MR) is 95.8 cm³/mol. The molecule has 26 heavy (non-hydrogen) atoms. The minimum atomic E-state index is -0.207. The zero-order valence-electron chi connectivity index (χ0n) is 15.1. The number of fused-ring (bicyclic) bond motifs is 2. The summed E-state index contributed by atoms with van der Waals surface area (Å²) in [6, 6.07) is 5.68. The van der Waals surface area contributed by atoms with Crippen molar-refractivity contribution < 1.29 is 19.1 Å². The molecule has 1 aromatic carbocycles. The number of imide groups is 1. The Bertz CT molecular complexity index is 736. The zero-order valence-corrected chi connectivity index (χ0v) is 15.1. The highest BCUT2D eigenvalue weighted by Crippen LogP contribution is 2.38. The molecule has 6 heteroatoms. The maximum Gasteiger partial charge on any atom is 0.247 e. The molecule has 3 aliphatic rings. The minimum absolute atomic E-state index is 0.143. The lowest BCUT2D eigenvalue weighted by Crippen LogP contribution is -2.45. The van der Waals surface area contributed by atoms with Crippen LogP contribution in [0.4, 0.5) is 5.69 Å². The molecule has 2 aliphatic heterocycles. The number of anilines is 1. The second-order valence-corrected chi connectivity index (χ2v) is 7.40. The monoisotopic (exact) mass is 356 g/mol. The molecule has 0 aromatic heterocycles. The highest BCUT2D eigenvalue weighted by atomic mass is 16.5. The van der Waals surface area contributed by atoms with Gasteiger partial charge in [0.1, 0.15) is 12.3 Å². The van der Waals surface area contributed by atoms with Gasteiger partial charge in [0.25, 0.3) is 0 Å². The van der Waals surface area contributed by atoms with Gasteiger partial charge in [-0.15, -0.1) is 0 Å². The first-order chi connectivity index (χ1) is 12.6. The van der Waals surface area contributed by atoms with Gasteiger partial charge in [-0.3, -0.25) is 19.3 Å². The third kappa shape index (κ3) is 2.77. The molecule has 138 valence electrons. The Morgan fingerprint density at radius 1 is 1.12 bits per heavy atom. The average Bonchev–Trinajstić information content (AvgIpc) is 2.92. The van der Waals surface area contributed by atoms with Gasteiger partial charge in [-0.2, -0.15) is 0 Å². The molecule has 1 saturated heterocycles. The number of rotatable bonds is 3. The van der Waals surface area contributed by atoms with Gasteiger partial charge in [0.15, 0.2) is 0 Å². The van der Waals surface area contributed by atoms with Crippen molar-refractivity contribution in [2.45, 2.75) is 38.5 Å². The third-order valence-corrected chi connectivity index (χ3v) is 5.93. The molecule has 1 saturated carbocycles. The van der Waals surface area contributed by atoms with Crippen LogP contribution in [-0.4, -0.2) is 42.8 Å². The van der Waals surface area contributed by atoms with E-state index in [0.717, 1.165) is 55.5 Å². The van der Waals surface area contributed by atoms with Crippen LogP contribution in [0.1, 0.15) is 37.7 Å². The van der Waals surface area contributed by atoms with Crippen molar-refractivity contribution in [3.05, 3.63) is 23.8 Å². The molecule has 6 nitrogen and oxygen atoms in total. The van der Waals surface area contributed by atoms with E-state index >= 15 is 0 Å². The lowest BCUT2D eigenvalue weighted by Gasteiger charge is -2.31. The fourth-order valence-corrected chi connectivity index (χ4v) is 4.57. The summed E-state index contributed by atoms with van der Waals surface area (Å²) >= 11 is 0. The van der Waals surface area contributed by atoms with E-state index in [4.69, 9.17) is 4.74 Å². The maximum absolute atomic E-state index is 12.9. The number of aryl methyl sites for hydroxylation is 1. The van der Waals surface area contributed by atoms with Crippen LogP contribution in [0.15, 0.2) is 18.2 Å². The molecule has 3 amide bonds. The molecule has 0 bridgehead atoms. The van der Waals surface area contributed by atoms with Crippen LogP contribution in [-0.2, 0) is 20.8 Å². The van der Waals surface area contributed by atoms with E-state index < -0.39 is 0 Å². The molecule has 2 heterocycles. The number of carbonyl (C=O) groups excluding carboxylic acids is 3. The van der Waals surface area contributed by atoms with E-state index in [1.807, 2.05) is 18.2 Å². The number of nitrogens with zero attached hydrogens (tertiary/aromatic N) is 2. The van der Waals surface area contributed by atoms with Gasteiger partial charge in [0.05, 0.1) is 18.9 Å². The Morgan fingerprint density at radius 3 is 2.46 bits per heavy atom. The number of amides is 3. The number of ether oxygens (including phenoxy) is 1. The van der Waals surface area contributed by atoms with Gasteiger partial charge in [-0.1, -0.05) is 12.8 Å². The van der Waals surface area contributed by atoms with Gasteiger partial charge in [-0.05, 0) is 49.4 Å². The van der Waals surface area contributed by atoms with Crippen molar-refractivity contribution in [3.8, 4) is 5.75 Å². The van der Waals surface area contributed by atoms with Crippen molar-refractivity contribution in [1.82, 2.24) is 4.90 Å². The Labute approximate surface area is 153 Å². The fourth-order valence-electron chi connectivity index (χ4n) is 4.57. The summed E-state index contributed by atoms with van der Waals surface area (Å²) in [4.78, 5) is 41.1. The standard InChI is InChI=1S/C20H24N2O4/c1-26-14-8-9-17-13(11-14)5-4-10-21(17)18(23)12-22-19(24)15-6-2-3-7-16(15)20(22)25/h8-9,11,15-16H,2-7,10,12H2,1H3/t15-,16+. The van der Waals surface area contributed by atoms with Crippen LogP contribution in [0.5, 0.6) is 5.75 Å². The predicted octanol–water partition coefficient (Wildman–Crippen LogP) is 2.15. The molecule has 0 radical (unpaired) electrons. The number of hydrogen-bond donors (Lipinski definition) is 0. The Balaban J connectivity index is 1.53. The third-order valence-electron chi connectivity index (χ3n) is 5.93. The van der Waals surface area contributed by atoms with Gasteiger partial charge >= 0.3 is 0 Å². The Kier molecular flexibility index (Phi) is 4.42. The Morgan fingerprint density at radius 2 is 1.81 bits per heavy atom. The quantitative estimate of drug-likeness (QED) is 0.779. The van der Waals surface area contributed by atoms with E-state index in [1.165, 1.54) is 4.90 Å². The van der Waals surface area contributed by atoms with Crippen LogP contribution in [0.3, 0.4) is 0 Å². The number of hydrogen-bond acceptors (Lipinski definition) is 4. The van der Waals surface area contributed by atoms with Crippen molar-refractivity contribution in [3.63, 3.8) is 0 Å². The largest absolute Gasteiger partial charge is 0.497 e. The van der Waals surface area contributed by atoms with E-state index in [2.05, 4.69) is 0 Å². The van der Waals surface area contributed by atoms with Gasteiger partial charge < -0.3 is 9.64 Å². The Hall–Kier alpha value is -2.37. The molecule has 1 aromatic rings. The summed E-state index contributed by atoms with van der Waals surface area (Å²) in [5.41, 5.74) is 1.93. The second-order valence-electron chi connectivity index (χ2n) is 7.40. The maximum atomic E-state index is 12.9. The van der Waals surface area contributed by atoms with Crippen LogP contribution in [0, 0.1) is 11.8 Å². The minimum Gasteiger partial charge on any atom is -0.497 e. The number of carbonyl (C=O) groups is 3. The average molecular weight is 356 g/mol. The van der Waals surface area contributed by atoms with Crippen molar-refractivity contribution in [2.24, 2.45) is 11.8 Å². The van der Waals surface area contributed by atoms with Crippen LogP contribution in [0.25, 0.3) is 0 Å². The molecule has 0 spiro atoms. The summed E-state index contributed by atoms with van der Waals surface area (Å²) < 4.78 is 5.26. The highest BCUT2D eigenvalue weighted by Gasteiger charge is 2.48.